The van der Waals surface area contributed by atoms with Crippen LogP contribution in [0.5, 0.6) is 11.5 Å². The maximum absolute atomic E-state index is 6.59. The Morgan fingerprint density at radius 3 is 2.63 bits per heavy atom. The number of aromatic nitrogens is 3. The monoisotopic (exact) mass is 573 g/mol. The lowest BCUT2D eigenvalue weighted by atomic mass is 10.1. The SMILES string of the molecule is C=CC(=C)Nc1cc(Nc2ncc(Cl)c(-c3cn(C)c4ccccc34)n2)c(OC)cc1OCCN1CCN(C)CC1. The number of para-hydroxylation sites is 1. The van der Waals surface area contributed by atoms with E-state index < -0.39 is 0 Å². The van der Waals surface area contributed by atoms with Crippen LogP contribution in [0.1, 0.15) is 0 Å². The van der Waals surface area contributed by atoms with Crippen LogP contribution in [0, 0.1) is 0 Å². The Bertz CT molecular complexity index is 1560. The van der Waals surface area contributed by atoms with Gasteiger partial charge in [0.15, 0.2) is 0 Å². The lowest BCUT2D eigenvalue weighted by Gasteiger charge is -2.32. The number of hydrogen-bond acceptors (Lipinski definition) is 8. The van der Waals surface area contributed by atoms with Crippen LogP contribution in [0.15, 0.2) is 73.7 Å². The predicted octanol–water partition coefficient (Wildman–Crippen LogP) is 5.78. The van der Waals surface area contributed by atoms with Gasteiger partial charge in [0.2, 0.25) is 5.95 Å². The summed E-state index contributed by atoms with van der Waals surface area (Å²) in [6.45, 7) is 13.4. The molecule has 41 heavy (non-hydrogen) atoms. The number of ether oxygens (including phenoxy) is 2. The quantitative estimate of drug-likeness (QED) is 0.219. The zero-order valence-corrected chi connectivity index (χ0v) is 24.5. The highest BCUT2D eigenvalue weighted by molar-refractivity contribution is 6.33. The molecular formula is C31H36ClN7O2. The molecule has 1 fully saturated rings. The number of fused-ring (bicyclic) bond motifs is 1. The number of anilines is 3. The second kappa shape index (κ2) is 12.6. The Balaban J connectivity index is 1.42. The fraction of sp³-hybridized carbons (Fsp3) is 0.290. The third kappa shape index (κ3) is 6.48. The highest BCUT2D eigenvalue weighted by Gasteiger charge is 2.18. The fourth-order valence-corrected chi connectivity index (χ4v) is 5.08. The van der Waals surface area contributed by atoms with Gasteiger partial charge < -0.3 is 29.6 Å². The summed E-state index contributed by atoms with van der Waals surface area (Å²) in [5.41, 5.74) is 4.69. The molecule has 9 nitrogen and oxygen atoms in total. The van der Waals surface area contributed by atoms with Gasteiger partial charge in [0.1, 0.15) is 18.1 Å². The van der Waals surface area contributed by atoms with Crippen LogP contribution in [-0.2, 0) is 7.05 Å². The lowest BCUT2D eigenvalue weighted by molar-refractivity contribution is 0.134. The second-order valence-corrected chi connectivity index (χ2v) is 10.5. The molecule has 5 rings (SSSR count). The molecule has 1 aliphatic heterocycles. The van der Waals surface area contributed by atoms with Crippen LogP contribution in [0.4, 0.5) is 17.3 Å². The van der Waals surface area contributed by atoms with Crippen molar-refractivity contribution >= 4 is 39.8 Å². The first-order valence-electron chi connectivity index (χ1n) is 13.5. The van der Waals surface area contributed by atoms with E-state index in [0.717, 1.165) is 54.9 Å². The van der Waals surface area contributed by atoms with Crippen molar-refractivity contribution in [3.8, 4) is 22.8 Å². The van der Waals surface area contributed by atoms with Crippen molar-refractivity contribution in [1.82, 2.24) is 24.3 Å². The number of piperazine rings is 1. The molecule has 2 aromatic heterocycles. The Morgan fingerprint density at radius 1 is 1.10 bits per heavy atom. The zero-order valence-electron chi connectivity index (χ0n) is 23.8. The van der Waals surface area contributed by atoms with Gasteiger partial charge >= 0.3 is 0 Å². The van der Waals surface area contributed by atoms with E-state index in [4.69, 9.17) is 26.1 Å². The topological polar surface area (TPSA) is 79.7 Å². The number of rotatable bonds is 11. The van der Waals surface area contributed by atoms with Gasteiger partial charge in [-0.05, 0) is 25.3 Å². The van der Waals surface area contributed by atoms with Crippen molar-refractivity contribution in [2.75, 3.05) is 64.1 Å². The molecule has 0 unspecified atom stereocenters. The van der Waals surface area contributed by atoms with E-state index in [0.29, 0.717) is 46.2 Å². The average Bonchev–Trinajstić information content (AvgIpc) is 3.32. The number of likely N-dealkylation sites (N-methyl/N-ethyl adjacent to an activating group) is 1. The Hall–Kier alpha value is -4.05. The average molecular weight is 574 g/mol. The number of halogens is 1. The third-order valence-electron chi connectivity index (χ3n) is 7.25. The number of benzene rings is 2. The molecule has 0 amide bonds. The molecule has 214 valence electrons. The van der Waals surface area contributed by atoms with Gasteiger partial charge in [0, 0.05) is 74.2 Å². The lowest BCUT2D eigenvalue weighted by Crippen LogP contribution is -2.45. The predicted molar refractivity (Wildman–Crippen MR) is 168 cm³/mol. The van der Waals surface area contributed by atoms with E-state index in [1.807, 2.05) is 37.5 Å². The molecule has 0 radical (unpaired) electrons. The van der Waals surface area contributed by atoms with Crippen molar-refractivity contribution < 1.29 is 9.47 Å². The highest BCUT2D eigenvalue weighted by atomic mass is 35.5. The van der Waals surface area contributed by atoms with Crippen molar-refractivity contribution in [3.05, 3.63) is 78.7 Å². The Kier molecular flexibility index (Phi) is 8.78. The number of allylic oxidation sites excluding steroid dienone is 1. The van der Waals surface area contributed by atoms with E-state index in [1.165, 1.54) is 0 Å². The first-order valence-corrected chi connectivity index (χ1v) is 13.9. The first-order chi connectivity index (χ1) is 19.9. The maximum atomic E-state index is 6.59. The molecule has 10 heteroatoms. The number of hydrogen-bond donors (Lipinski definition) is 2. The molecule has 0 spiro atoms. The summed E-state index contributed by atoms with van der Waals surface area (Å²) < 4.78 is 14.0. The summed E-state index contributed by atoms with van der Waals surface area (Å²) in [5.74, 6) is 1.62. The highest BCUT2D eigenvalue weighted by Crippen LogP contribution is 2.39. The van der Waals surface area contributed by atoms with Crippen molar-refractivity contribution in [2.24, 2.45) is 7.05 Å². The molecule has 2 aromatic carbocycles. The summed E-state index contributed by atoms with van der Waals surface area (Å²) in [7, 11) is 5.78. The van der Waals surface area contributed by atoms with Gasteiger partial charge in [-0.25, -0.2) is 9.97 Å². The Labute approximate surface area is 246 Å². The first kappa shape index (κ1) is 28.5. The molecule has 1 aliphatic rings. The minimum absolute atomic E-state index is 0.382. The number of aryl methyl sites for hydroxylation is 1. The van der Waals surface area contributed by atoms with E-state index in [2.05, 4.69) is 62.3 Å². The van der Waals surface area contributed by atoms with Crippen molar-refractivity contribution in [2.45, 2.75) is 0 Å². The molecular weight excluding hydrogens is 538 g/mol. The summed E-state index contributed by atoms with van der Waals surface area (Å²) in [6, 6.07) is 11.9. The van der Waals surface area contributed by atoms with Gasteiger partial charge in [-0.2, -0.15) is 0 Å². The van der Waals surface area contributed by atoms with Crippen molar-refractivity contribution in [3.63, 3.8) is 0 Å². The van der Waals surface area contributed by atoms with Crippen LogP contribution in [0.3, 0.4) is 0 Å². The second-order valence-electron chi connectivity index (χ2n) is 10.1. The van der Waals surface area contributed by atoms with E-state index >= 15 is 0 Å². The number of nitrogens with zero attached hydrogens (tertiary/aromatic N) is 5. The van der Waals surface area contributed by atoms with Crippen LogP contribution < -0.4 is 20.1 Å². The molecule has 3 heterocycles. The van der Waals surface area contributed by atoms with Crippen LogP contribution in [0.25, 0.3) is 22.2 Å². The number of methoxy groups -OCH3 is 1. The van der Waals surface area contributed by atoms with Gasteiger partial charge in [-0.1, -0.05) is 43.0 Å². The van der Waals surface area contributed by atoms with Crippen LogP contribution in [-0.4, -0.2) is 77.8 Å². The normalized spacial score (nSPS) is 14.1. The molecule has 0 bridgehead atoms. The summed E-state index contributed by atoms with van der Waals surface area (Å²) >= 11 is 6.59. The molecule has 1 saturated heterocycles. The van der Waals surface area contributed by atoms with E-state index in [-0.39, 0.29) is 0 Å². The summed E-state index contributed by atoms with van der Waals surface area (Å²) in [4.78, 5) is 14.0. The van der Waals surface area contributed by atoms with Crippen LogP contribution >= 0.6 is 11.6 Å². The van der Waals surface area contributed by atoms with Gasteiger partial charge in [-0.3, -0.25) is 4.90 Å². The summed E-state index contributed by atoms with van der Waals surface area (Å²) in [5, 5.41) is 8.12. The number of nitrogens with one attached hydrogen (secondary N) is 2. The molecule has 0 saturated carbocycles. The maximum Gasteiger partial charge on any atom is 0.227 e. The fourth-order valence-electron chi connectivity index (χ4n) is 4.89. The van der Waals surface area contributed by atoms with E-state index in [1.54, 1.807) is 19.4 Å². The van der Waals surface area contributed by atoms with E-state index in [9.17, 15) is 0 Å². The Morgan fingerprint density at radius 2 is 1.88 bits per heavy atom. The smallest absolute Gasteiger partial charge is 0.227 e. The summed E-state index contributed by atoms with van der Waals surface area (Å²) in [6.07, 6.45) is 5.29. The standard InChI is InChI=1S/C31H36ClN7O2/c1-6-21(2)34-26-17-25(28(40-5)18-29(26)41-16-15-39-13-11-37(3)12-14-39)35-31-33-19-24(32)30(36-31)23-20-38(4)27-10-8-7-9-22(23)27/h6-10,17-20,34H,1-2,11-16H2,3-5H3,(H,33,35,36). The largest absolute Gasteiger partial charge is 0.494 e. The van der Waals surface area contributed by atoms with Gasteiger partial charge in [0.05, 0.1) is 35.4 Å². The van der Waals surface area contributed by atoms with Gasteiger partial charge in [0.25, 0.3) is 0 Å². The molecule has 2 N–H and O–H groups in total. The zero-order chi connectivity index (χ0) is 28.9. The third-order valence-corrected chi connectivity index (χ3v) is 7.52. The molecule has 0 atom stereocenters. The minimum atomic E-state index is 0.382. The van der Waals surface area contributed by atoms with Gasteiger partial charge in [-0.15, -0.1) is 0 Å². The molecule has 0 aliphatic carbocycles. The minimum Gasteiger partial charge on any atom is -0.494 e. The van der Waals surface area contributed by atoms with Crippen LogP contribution in [0.2, 0.25) is 5.02 Å². The molecule has 4 aromatic rings. The van der Waals surface area contributed by atoms with Crippen molar-refractivity contribution in [1.29, 1.82) is 0 Å².